The average molecular weight is 457 g/mol. The van der Waals surface area contributed by atoms with Crippen LogP contribution in [-0.2, 0) is 4.57 Å². The zero-order valence-electron chi connectivity index (χ0n) is 21.7. The first-order valence-electron chi connectivity index (χ1n) is 13.4. The SMILES string of the molecule is CCCCCCCCCCCCCCCCCC/C=C\C(C)CC([P+](=O)[O-])[N+](C)(C)C. The van der Waals surface area contributed by atoms with Crippen molar-refractivity contribution in [1.82, 2.24) is 0 Å². The molecule has 0 aliphatic carbocycles. The van der Waals surface area contributed by atoms with Gasteiger partial charge in [0.05, 0.1) is 27.6 Å². The van der Waals surface area contributed by atoms with Gasteiger partial charge in [-0.25, -0.2) is 0 Å². The summed E-state index contributed by atoms with van der Waals surface area (Å²) in [4.78, 5) is 11.5. The molecule has 0 saturated heterocycles. The molecule has 3 nitrogen and oxygen atoms in total. The monoisotopic (exact) mass is 456 g/mol. The van der Waals surface area contributed by atoms with Gasteiger partial charge in [0.25, 0.3) is 5.78 Å². The molecular weight excluding hydrogens is 401 g/mol. The highest BCUT2D eigenvalue weighted by atomic mass is 31.1. The summed E-state index contributed by atoms with van der Waals surface area (Å²) >= 11 is 0. The highest BCUT2D eigenvalue weighted by molar-refractivity contribution is 7.37. The first-order valence-corrected chi connectivity index (χ1v) is 14.6. The lowest BCUT2D eigenvalue weighted by atomic mass is 10.0. The molecule has 3 unspecified atom stereocenters. The van der Waals surface area contributed by atoms with Crippen molar-refractivity contribution in [3.05, 3.63) is 12.2 Å². The van der Waals surface area contributed by atoms with Crippen molar-refractivity contribution < 1.29 is 13.9 Å². The quantitative estimate of drug-likeness (QED) is 0.0710. The van der Waals surface area contributed by atoms with Crippen LogP contribution in [0.3, 0.4) is 0 Å². The first kappa shape index (κ1) is 30.8. The lowest BCUT2D eigenvalue weighted by molar-refractivity contribution is -0.883. The van der Waals surface area contributed by atoms with E-state index in [2.05, 4.69) is 26.0 Å². The fourth-order valence-corrected chi connectivity index (χ4v) is 5.31. The lowest BCUT2D eigenvalue weighted by Crippen LogP contribution is -2.44. The maximum absolute atomic E-state index is 11.5. The van der Waals surface area contributed by atoms with Crippen LogP contribution in [0.1, 0.15) is 129 Å². The van der Waals surface area contributed by atoms with Crippen molar-refractivity contribution in [3.63, 3.8) is 0 Å². The summed E-state index contributed by atoms with van der Waals surface area (Å²) in [6, 6.07) is 0. The van der Waals surface area contributed by atoms with Gasteiger partial charge >= 0.3 is 8.03 Å². The van der Waals surface area contributed by atoms with Gasteiger partial charge in [-0.1, -0.05) is 127 Å². The third-order valence-corrected chi connectivity index (χ3v) is 7.80. The van der Waals surface area contributed by atoms with Crippen molar-refractivity contribution in [3.8, 4) is 0 Å². The normalized spacial score (nSPS) is 14.8. The summed E-state index contributed by atoms with van der Waals surface area (Å²) < 4.78 is 12.0. The standard InChI is InChI=1S/C27H55NO2P/c1-6-7-8-9-10-11-12-13-14-15-16-17-18-19-20-21-22-23-24-26(2)25-27(31(29)30)28(3,4)5/h23-24,26-27H,6-22,25H2,1-5H3/q+1/b24-23-. The van der Waals surface area contributed by atoms with E-state index in [0.29, 0.717) is 16.8 Å². The van der Waals surface area contributed by atoms with Crippen LogP contribution < -0.4 is 4.89 Å². The molecule has 0 aliphatic heterocycles. The minimum absolute atomic E-state index is 0.301. The number of allylic oxidation sites excluding steroid dienone is 2. The van der Waals surface area contributed by atoms with Crippen molar-refractivity contribution in [2.24, 2.45) is 5.92 Å². The summed E-state index contributed by atoms with van der Waals surface area (Å²) in [6.45, 7) is 4.42. The van der Waals surface area contributed by atoms with E-state index in [1.807, 2.05) is 21.1 Å². The predicted molar refractivity (Wildman–Crippen MR) is 137 cm³/mol. The smallest absolute Gasteiger partial charge is 0.373 e. The predicted octanol–water partition coefficient (Wildman–Crippen LogP) is 8.36. The van der Waals surface area contributed by atoms with E-state index in [0.717, 1.165) is 6.42 Å². The Morgan fingerprint density at radius 3 is 1.48 bits per heavy atom. The van der Waals surface area contributed by atoms with Crippen LogP contribution >= 0.6 is 8.03 Å². The maximum atomic E-state index is 11.5. The molecule has 0 aromatic rings. The van der Waals surface area contributed by atoms with Crippen LogP contribution in [0.2, 0.25) is 0 Å². The highest BCUT2D eigenvalue weighted by Crippen LogP contribution is 2.30. The molecule has 0 aliphatic rings. The highest BCUT2D eigenvalue weighted by Gasteiger charge is 2.35. The molecule has 0 bridgehead atoms. The molecule has 0 fully saturated rings. The Balaban J connectivity index is 3.47. The summed E-state index contributed by atoms with van der Waals surface area (Å²) in [5, 5.41) is 0. The van der Waals surface area contributed by atoms with Crippen LogP contribution in [0.25, 0.3) is 0 Å². The van der Waals surface area contributed by atoms with Gasteiger partial charge in [0.15, 0.2) is 0 Å². The largest absolute Gasteiger partial charge is 0.591 e. The third kappa shape index (κ3) is 20.1. The minimum Gasteiger partial charge on any atom is -0.591 e. The Kier molecular flexibility index (Phi) is 20.2. The van der Waals surface area contributed by atoms with Gasteiger partial charge in [0.2, 0.25) is 0 Å². The Labute approximate surface area is 196 Å². The van der Waals surface area contributed by atoms with E-state index in [1.165, 1.54) is 103 Å². The summed E-state index contributed by atoms with van der Waals surface area (Å²) in [7, 11) is 3.50. The van der Waals surface area contributed by atoms with E-state index in [9.17, 15) is 9.46 Å². The van der Waals surface area contributed by atoms with Gasteiger partial charge in [-0.05, 0) is 18.8 Å². The number of hydrogen-bond acceptors (Lipinski definition) is 2. The van der Waals surface area contributed by atoms with Crippen molar-refractivity contribution in [1.29, 1.82) is 0 Å². The molecule has 31 heavy (non-hydrogen) atoms. The third-order valence-electron chi connectivity index (χ3n) is 6.41. The Hall–Kier alpha value is -0.240. The van der Waals surface area contributed by atoms with E-state index in [1.54, 1.807) is 0 Å². The number of hydrogen-bond donors (Lipinski definition) is 0. The van der Waals surface area contributed by atoms with Crippen molar-refractivity contribution in [2.75, 3.05) is 21.1 Å². The second-order valence-electron chi connectivity index (χ2n) is 10.6. The summed E-state index contributed by atoms with van der Waals surface area (Å²) in [5.74, 6) is 0.0153. The molecule has 0 radical (unpaired) electrons. The van der Waals surface area contributed by atoms with E-state index < -0.39 is 8.03 Å². The topological polar surface area (TPSA) is 40.1 Å². The minimum atomic E-state index is -2.39. The fourth-order valence-electron chi connectivity index (χ4n) is 4.24. The van der Waals surface area contributed by atoms with E-state index >= 15 is 0 Å². The van der Waals surface area contributed by atoms with Gasteiger partial charge in [-0.15, -0.1) is 0 Å². The van der Waals surface area contributed by atoms with Crippen LogP contribution in [0.15, 0.2) is 12.2 Å². The Morgan fingerprint density at radius 1 is 0.742 bits per heavy atom. The molecule has 0 aromatic heterocycles. The van der Waals surface area contributed by atoms with Gasteiger partial charge in [-0.2, -0.15) is 0 Å². The van der Waals surface area contributed by atoms with Crippen molar-refractivity contribution in [2.45, 2.75) is 135 Å². The molecular formula is C27H55NO2P+. The molecule has 0 spiro atoms. The maximum Gasteiger partial charge on any atom is 0.373 e. The summed E-state index contributed by atoms with van der Waals surface area (Å²) in [6.07, 6.45) is 28.8. The molecule has 0 aromatic carbocycles. The zero-order chi connectivity index (χ0) is 23.4. The van der Waals surface area contributed by atoms with Gasteiger partial charge in [-0.3, -0.25) is 4.48 Å². The number of nitrogens with zero attached hydrogens (tertiary/aromatic N) is 1. The average Bonchev–Trinajstić information content (AvgIpc) is 2.70. The van der Waals surface area contributed by atoms with Crippen LogP contribution in [0, 0.1) is 5.92 Å². The second kappa shape index (κ2) is 20.4. The lowest BCUT2D eigenvalue weighted by Gasteiger charge is -2.28. The molecule has 0 amide bonds. The van der Waals surface area contributed by atoms with E-state index in [4.69, 9.17) is 0 Å². The van der Waals surface area contributed by atoms with Gasteiger partial charge in [0, 0.05) is 0 Å². The van der Waals surface area contributed by atoms with Gasteiger partial charge in [0.1, 0.15) is 0 Å². The molecule has 3 atom stereocenters. The summed E-state index contributed by atoms with van der Waals surface area (Å²) in [5.41, 5.74) is 0. The van der Waals surface area contributed by atoms with Crippen LogP contribution in [0.4, 0.5) is 0 Å². The Bertz CT molecular complexity index is 445. The number of rotatable bonds is 22. The zero-order valence-corrected chi connectivity index (χ0v) is 22.6. The molecule has 0 rings (SSSR count). The number of unbranched alkanes of at least 4 members (excludes halogenated alkanes) is 16. The Morgan fingerprint density at radius 2 is 1.13 bits per heavy atom. The molecule has 184 valence electrons. The molecule has 0 N–H and O–H groups in total. The fraction of sp³-hybridized carbons (Fsp3) is 0.926. The van der Waals surface area contributed by atoms with E-state index in [-0.39, 0.29) is 5.78 Å². The molecule has 0 saturated carbocycles. The van der Waals surface area contributed by atoms with Gasteiger partial charge < -0.3 is 4.89 Å². The number of quaternary nitrogens is 1. The second-order valence-corrected chi connectivity index (χ2v) is 11.8. The first-order chi connectivity index (χ1) is 14.8. The molecule has 4 heteroatoms. The molecule has 0 heterocycles. The van der Waals surface area contributed by atoms with Crippen LogP contribution in [0.5, 0.6) is 0 Å². The van der Waals surface area contributed by atoms with Crippen molar-refractivity contribution >= 4 is 8.03 Å². The van der Waals surface area contributed by atoms with Crippen LogP contribution in [-0.4, -0.2) is 31.4 Å².